The predicted molar refractivity (Wildman–Crippen MR) is 68.8 cm³/mol. The van der Waals surface area contributed by atoms with Gasteiger partial charge in [-0.15, -0.1) is 0 Å². The van der Waals surface area contributed by atoms with Gasteiger partial charge in [-0.05, 0) is 18.6 Å². The second-order valence-corrected chi connectivity index (χ2v) is 3.90. The summed E-state index contributed by atoms with van der Waals surface area (Å²) in [7, 11) is 1.72. The first kappa shape index (κ1) is 14.2. The van der Waals surface area contributed by atoms with Crippen LogP contribution in [0, 0.1) is 10.1 Å². The number of guanidine groups is 1. The second kappa shape index (κ2) is 6.75. The molecule has 0 bridgehead atoms. The molecule has 0 amide bonds. The number of aromatic nitrogens is 1. The van der Waals surface area contributed by atoms with Crippen molar-refractivity contribution in [2.45, 2.75) is 13.5 Å². The Bertz CT molecular complexity index is 434. The highest BCUT2D eigenvalue weighted by molar-refractivity contribution is 6.29. The van der Waals surface area contributed by atoms with Crippen LogP contribution in [0.1, 0.15) is 12.5 Å². The van der Waals surface area contributed by atoms with Crippen LogP contribution in [0.25, 0.3) is 0 Å². The van der Waals surface area contributed by atoms with Crippen molar-refractivity contribution in [1.82, 2.24) is 15.3 Å². The van der Waals surface area contributed by atoms with Crippen molar-refractivity contribution in [2.75, 3.05) is 13.6 Å². The van der Waals surface area contributed by atoms with Crippen molar-refractivity contribution in [3.05, 3.63) is 39.2 Å². The van der Waals surface area contributed by atoms with Gasteiger partial charge in [-0.2, -0.15) is 0 Å². The van der Waals surface area contributed by atoms with Gasteiger partial charge in [0.15, 0.2) is 5.03 Å². The average Bonchev–Trinajstić information content (AvgIpc) is 2.35. The summed E-state index contributed by atoms with van der Waals surface area (Å²) >= 11 is 5.66. The lowest BCUT2D eigenvalue weighted by Gasteiger charge is -2.15. The number of nitrogens with one attached hydrogen (secondary N) is 1. The third-order valence-corrected chi connectivity index (χ3v) is 2.45. The van der Waals surface area contributed by atoms with Gasteiger partial charge < -0.3 is 4.90 Å². The van der Waals surface area contributed by atoms with Crippen LogP contribution < -0.4 is 5.43 Å². The molecule has 0 saturated carbocycles. The summed E-state index contributed by atoms with van der Waals surface area (Å²) in [6.45, 7) is 2.78. The molecule has 0 aliphatic rings. The SMILES string of the molecule is CCN(C)C(=NCc1ccc(Cl)nc1)N[N+](=O)[O-]. The number of hydrogen-bond acceptors (Lipinski definition) is 4. The summed E-state index contributed by atoms with van der Waals surface area (Å²) in [5, 5.41) is 10.2. The van der Waals surface area contributed by atoms with Gasteiger partial charge in [-0.1, -0.05) is 23.1 Å². The molecule has 1 aromatic heterocycles. The van der Waals surface area contributed by atoms with Gasteiger partial charge in [0, 0.05) is 19.8 Å². The standard InChI is InChI=1S/C10H14ClN5O2/c1-3-15(2)10(14-16(17)18)13-7-8-4-5-9(11)12-6-8/h4-6H,3,7H2,1-2H3,(H,13,14). The summed E-state index contributed by atoms with van der Waals surface area (Å²) in [6.07, 6.45) is 1.58. The van der Waals surface area contributed by atoms with Crippen LogP contribution >= 0.6 is 11.6 Å². The zero-order valence-corrected chi connectivity index (χ0v) is 10.9. The monoisotopic (exact) mass is 271 g/mol. The van der Waals surface area contributed by atoms with Crippen molar-refractivity contribution in [1.29, 1.82) is 0 Å². The zero-order chi connectivity index (χ0) is 13.5. The topological polar surface area (TPSA) is 83.7 Å². The smallest absolute Gasteiger partial charge is 0.256 e. The van der Waals surface area contributed by atoms with E-state index in [1.54, 1.807) is 30.3 Å². The van der Waals surface area contributed by atoms with Crippen LogP contribution in [-0.4, -0.2) is 34.5 Å². The van der Waals surface area contributed by atoms with E-state index in [2.05, 4.69) is 15.4 Å². The van der Waals surface area contributed by atoms with E-state index in [1.165, 1.54) is 0 Å². The Morgan fingerprint density at radius 1 is 1.67 bits per heavy atom. The van der Waals surface area contributed by atoms with Crippen molar-refractivity contribution in [3.63, 3.8) is 0 Å². The molecule has 1 heterocycles. The minimum Gasteiger partial charge on any atom is -0.342 e. The fraction of sp³-hybridized carbons (Fsp3) is 0.400. The molecule has 0 aliphatic carbocycles. The highest BCUT2D eigenvalue weighted by atomic mass is 35.5. The summed E-state index contributed by atoms with van der Waals surface area (Å²) in [5.74, 6) is 0.206. The van der Waals surface area contributed by atoms with Gasteiger partial charge in [0.05, 0.1) is 6.54 Å². The maximum atomic E-state index is 10.4. The number of halogens is 1. The lowest BCUT2D eigenvalue weighted by molar-refractivity contribution is -0.526. The molecule has 98 valence electrons. The summed E-state index contributed by atoms with van der Waals surface area (Å²) < 4.78 is 0. The Kier molecular flexibility index (Phi) is 5.31. The molecule has 0 radical (unpaired) electrons. The molecule has 8 heteroatoms. The van der Waals surface area contributed by atoms with E-state index in [9.17, 15) is 10.1 Å². The molecule has 0 saturated heterocycles. The maximum Gasteiger partial charge on any atom is 0.256 e. The van der Waals surface area contributed by atoms with E-state index in [0.717, 1.165) is 5.56 Å². The van der Waals surface area contributed by atoms with Crippen molar-refractivity contribution < 1.29 is 5.03 Å². The minimum atomic E-state index is -0.634. The molecular weight excluding hydrogens is 258 g/mol. The highest BCUT2D eigenvalue weighted by Gasteiger charge is 2.09. The molecule has 0 fully saturated rings. The molecular formula is C10H14ClN5O2. The Morgan fingerprint density at radius 3 is 2.89 bits per heavy atom. The molecule has 0 atom stereocenters. The molecule has 0 aliphatic heterocycles. The third kappa shape index (κ3) is 4.54. The molecule has 0 aromatic carbocycles. The first-order valence-electron chi connectivity index (χ1n) is 5.30. The predicted octanol–water partition coefficient (Wildman–Crippen LogP) is 1.32. The van der Waals surface area contributed by atoms with Crippen LogP contribution in [0.15, 0.2) is 23.3 Å². The van der Waals surface area contributed by atoms with Crippen LogP contribution in [-0.2, 0) is 6.54 Å². The maximum absolute atomic E-state index is 10.4. The number of rotatable bonds is 4. The van der Waals surface area contributed by atoms with Gasteiger partial charge in [-0.25, -0.2) is 20.1 Å². The van der Waals surface area contributed by atoms with E-state index < -0.39 is 5.03 Å². The quantitative estimate of drug-likeness (QED) is 0.294. The van der Waals surface area contributed by atoms with Gasteiger partial charge in [0.1, 0.15) is 5.15 Å². The van der Waals surface area contributed by atoms with E-state index in [1.807, 2.05) is 6.92 Å². The number of hydrazine groups is 1. The fourth-order valence-corrected chi connectivity index (χ4v) is 1.25. The Balaban J connectivity index is 2.75. The van der Waals surface area contributed by atoms with Crippen LogP contribution in [0.2, 0.25) is 5.15 Å². The van der Waals surface area contributed by atoms with Gasteiger partial charge in [0.25, 0.3) is 5.96 Å². The van der Waals surface area contributed by atoms with Crippen LogP contribution in [0.4, 0.5) is 0 Å². The van der Waals surface area contributed by atoms with Gasteiger partial charge >= 0.3 is 0 Å². The van der Waals surface area contributed by atoms with E-state index in [-0.39, 0.29) is 5.96 Å². The summed E-state index contributed by atoms with van der Waals surface area (Å²) in [4.78, 5) is 20.1. The molecule has 0 spiro atoms. The number of pyridine rings is 1. The number of hydrogen-bond donors (Lipinski definition) is 1. The highest BCUT2D eigenvalue weighted by Crippen LogP contribution is 2.06. The Hall–Kier alpha value is -1.89. The first-order chi connectivity index (χ1) is 8.52. The second-order valence-electron chi connectivity index (χ2n) is 3.51. The average molecular weight is 272 g/mol. The van der Waals surface area contributed by atoms with E-state index in [4.69, 9.17) is 11.6 Å². The third-order valence-electron chi connectivity index (χ3n) is 2.23. The lowest BCUT2D eigenvalue weighted by Crippen LogP contribution is -2.41. The van der Waals surface area contributed by atoms with Crippen molar-refractivity contribution in [2.24, 2.45) is 4.99 Å². The Labute approximate surface area is 110 Å². The molecule has 1 N–H and O–H groups in total. The molecule has 1 rings (SSSR count). The molecule has 7 nitrogen and oxygen atoms in total. The van der Waals surface area contributed by atoms with Gasteiger partial charge in [0.2, 0.25) is 0 Å². The van der Waals surface area contributed by atoms with Gasteiger partial charge in [-0.3, -0.25) is 0 Å². The molecule has 18 heavy (non-hydrogen) atoms. The van der Waals surface area contributed by atoms with Crippen LogP contribution in [0.3, 0.4) is 0 Å². The fourth-order valence-electron chi connectivity index (χ4n) is 1.14. The van der Waals surface area contributed by atoms with E-state index >= 15 is 0 Å². The van der Waals surface area contributed by atoms with Crippen molar-refractivity contribution >= 4 is 17.6 Å². The van der Waals surface area contributed by atoms with E-state index in [0.29, 0.717) is 18.2 Å². The molecule has 1 aromatic rings. The van der Waals surface area contributed by atoms with Crippen molar-refractivity contribution in [3.8, 4) is 0 Å². The first-order valence-corrected chi connectivity index (χ1v) is 5.67. The van der Waals surface area contributed by atoms with Crippen LogP contribution in [0.5, 0.6) is 0 Å². The Morgan fingerprint density at radius 2 is 2.39 bits per heavy atom. The number of aliphatic imine (C=N–C) groups is 1. The number of nitro groups is 1. The summed E-state index contributed by atoms with van der Waals surface area (Å²) in [6, 6.07) is 3.42. The minimum absolute atomic E-state index is 0.206. The lowest BCUT2D eigenvalue weighted by atomic mass is 10.3. The molecule has 0 unspecified atom stereocenters. The number of nitrogens with zero attached hydrogens (tertiary/aromatic N) is 4. The summed E-state index contributed by atoms with van der Waals surface area (Å²) in [5.41, 5.74) is 2.89. The normalized spacial score (nSPS) is 11.2. The largest absolute Gasteiger partial charge is 0.342 e. The zero-order valence-electron chi connectivity index (χ0n) is 10.1.